The van der Waals surface area contributed by atoms with Crippen LogP contribution in [-0.4, -0.2) is 48.7 Å². The Morgan fingerprint density at radius 2 is 1.60 bits per heavy atom. The summed E-state index contributed by atoms with van der Waals surface area (Å²) in [5.74, 6) is -1.08. The van der Waals surface area contributed by atoms with E-state index in [1.807, 2.05) is 0 Å². The monoisotopic (exact) mass is 407 g/mol. The van der Waals surface area contributed by atoms with Crippen LogP contribution in [0.1, 0.15) is 43.9 Å². The minimum Gasteiger partial charge on any atom is -0.497 e. The lowest BCUT2D eigenvalue weighted by Gasteiger charge is -2.30. The van der Waals surface area contributed by atoms with Crippen LogP contribution in [0.2, 0.25) is 0 Å². The van der Waals surface area contributed by atoms with Crippen molar-refractivity contribution in [3.05, 3.63) is 59.2 Å². The lowest BCUT2D eigenvalue weighted by molar-refractivity contribution is -0.123. The topological polar surface area (TPSA) is 110 Å². The number of piperidine rings is 1. The van der Waals surface area contributed by atoms with Crippen molar-refractivity contribution in [1.29, 1.82) is 0 Å². The summed E-state index contributed by atoms with van der Waals surface area (Å²) in [6, 6.07) is 11.2. The first kappa shape index (κ1) is 19.6. The first-order chi connectivity index (χ1) is 14.4. The predicted octanol–water partition coefficient (Wildman–Crippen LogP) is 1.83. The average molecular weight is 407 g/mol. The van der Waals surface area contributed by atoms with Crippen molar-refractivity contribution >= 4 is 29.3 Å². The summed E-state index contributed by atoms with van der Waals surface area (Å²) in [5.41, 5.74) is 6.58. The molecule has 4 rings (SSSR count). The number of carbonyl (C=O) groups is 4. The number of likely N-dealkylation sites (tertiary alicyclic amines) is 1. The van der Waals surface area contributed by atoms with E-state index >= 15 is 0 Å². The highest BCUT2D eigenvalue weighted by molar-refractivity contribution is 6.34. The third-order valence-electron chi connectivity index (χ3n) is 5.65. The molecule has 0 aromatic heterocycles. The number of nitrogens with zero attached hydrogens (tertiary/aromatic N) is 2. The number of hydrogen-bond donors (Lipinski definition) is 1. The standard InChI is InChI=1S/C22H21N3O5/c1-30-16-5-3-15(4-6-16)25-21(28)17-7-2-14(12-18(17)22(25)29)20(27)24-10-8-13(9-11-24)19(23)26/h2-7,12-13H,8-11H2,1H3,(H2,23,26). The lowest BCUT2D eigenvalue weighted by Crippen LogP contribution is -2.41. The fraction of sp³-hybridized carbons (Fsp3) is 0.273. The lowest BCUT2D eigenvalue weighted by atomic mass is 9.95. The molecule has 2 aliphatic heterocycles. The van der Waals surface area contributed by atoms with Gasteiger partial charge in [-0.3, -0.25) is 19.2 Å². The Morgan fingerprint density at radius 3 is 2.20 bits per heavy atom. The summed E-state index contributed by atoms with van der Waals surface area (Å²) < 4.78 is 5.11. The number of nitrogens with two attached hydrogens (primary N) is 1. The van der Waals surface area contributed by atoms with Gasteiger partial charge in [-0.05, 0) is 55.3 Å². The SMILES string of the molecule is COc1ccc(N2C(=O)c3ccc(C(=O)N4CCC(C(N)=O)CC4)cc3C2=O)cc1. The molecule has 0 bridgehead atoms. The average Bonchev–Trinajstić information content (AvgIpc) is 3.03. The van der Waals surface area contributed by atoms with Crippen LogP contribution >= 0.6 is 0 Å². The Morgan fingerprint density at radius 1 is 0.967 bits per heavy atom. The molecule has 4 amide bonds. The van der Waals surface area contributed by atoms with Crippen LogP contribution in [-0.2, 0) is 4.79 Å². The zero-order chi connectivity index (χ0) is 21.4. The molecule has 0 spiro atoms. The van der Waals surface area contributed by atoms with Gasteiger partial charge in [0.1, 0.15) is 5.75 Å². The first-order valence-electron chi connectivity index (χ1n) is 9.66. The molecule has 2 heterocycles. The van der Waals surface area contributed by atoms with E-state index in [-0.39, 0.29) is 28.9 Å². The van der Waals surface area contributed by atoms with Gasteiger partial charge in [-0.1, -0.05) is 0 Å². The molecular weight excluding hydrogens is 386 g/mol. The maximum atomic E-state index is 12.9. The number of fused-ring (bicyclic) bond motifs is 1. The fourth-order valence-electron chi connectivity index (χ4n) is 3.89. The summed E-state index contributed by atoms with van der Waals surface area (Å²) in [4.78, 5) is 52.6. The Bertz CT molecular complexity index is 1040. The summed E-state index contributed by atoms with van der Waals surface area (Å²) >= 11 is 0. The van der Waals surface area contributed by atoms with E-state index in [0.717, 1.165) is 4.90 Å². The van der Waals surface area contributed by atoms with Crippen molar-refractivity contribution < 1.29 is 23.9 Å². The van der Waals surface area contributed by atoms with E-state index in [1.54, 1.807) is 35.2 Å². The van der Waals surface area contributed by atoms with Crippen molar-refractivity contribution in [3.63, 3.8) is 0 Å². The predicted molar refractivity (Wildman–Crippen MR) is 108 cm³/mol. The molecule has 8 heteroatoms. The van der Waals surface area contributed by atoms with Gasteiger partial charge in [0.25, 0.3) is 17.7 Å². The van der Waals surface area contributed by atoms with Gasteiger partial charge in [-0.25, -0.2) is 4.90 Å². The van der Waals surface area contributed by atoms with Gasteiger partial charge in [0, 0.05) is 24.6 Å². The van der Waals surface area contributed by atoms with Crippen LogP contribution in [0.5, 0.6) is 5.75 Å². The second kappa shape index (κ2) is 7.62. The number of anilines is 1. The molecule has 0 atom stereocenters. The number of imide groups is 1. The molecule has 0 unspecified atom stereocenters. The molecule has 1 fully saturated rings. The summed E-state index contributed by atoms with van der Waals surface area (Å²) in [7, 11) is 1.53. The van der Waals surface area contributed by atoms with Crippen molar-refractivity contribution in [3.8, 4) is 5.75 Å². The van der Waals surface area contributed by atoms with Gasteiger partial charge < -0.3 is 15.4 Å². The highest BCUT2D eigenvalue weighted by atomic mass is 16.5. The maximum absolute atomic E-state index is 12.9. The van der Waals surface area contributed by atoms with Crippen molar-refractivity contribution in [2.75, 3.05) is 25.1 Å². The van der Waals surface area contributed by atoms with E-state index in [2.05, 4.69) is 0 Å². The van der Waals surface area contributed by atoms with Crippen LogP contribution < -0.4 is 15.4 Å². The first-order valence-corrected chi connectivity index (χ1v) is 9.66. The summed E-state index contributed by atoms with van der Waals surface area (Å²) in [6.45, 7) is 0.850. The molecule has 154 valence electrons. The molecule has 2 aliphatic rings. The zero-order valence-corrected chi connectivity index (χ0v) is 16.5. The Labute approximate surface area is 173 Å². The third-order valence-corrected chi connectivity index (χ3v) is 5.65. The molecule has 30 heavy (non-hydrogen) atoms. The molecule has 0 saturated carbocycles. The minimum atomic E-state index is -0.470. The van der Waals surface area contributed by atoms with Crippen molar-refractivity contribution in [1.82, 2.24) is 4.90 Å². The smallest absolute Gasteiger partial charge is 0.266 e. The van der Waals surface area contributed by atoms with E-state index in [1.165, 1.54) is 19.2 Å². The normalized spacial score (nSPS) is 16.6. The molecule has 0 radical (unpaired) electrons. The summed E-state index contributed by atoms with van der Waals surface area (Å²) in [6.07, 6.45) is 1.04. The molecular formula is C22H21N3O5. The molecule has 2 aromatic rings. The van der Waals surface area contributed by atoms with Gasteiger partial charge in [-0.2, -0.15) is 0 Å². The quantitative estimate of drug-likeness (QED) is 0.778. The van der Waals surface area contributed by atoms with Crippen LogP contribution in [0.15, 0.2) is 42.5 Å². The van der Waals surface area contributed by atoms with Crippen LogP contribution in [0, 0.1) is 5.92 Å². The largest absolute Gasteiger partial charge is 0.497 e. The van der Waals surface area contributed by atoms with Gasteiger partial charge >= 0.3 is 0 Å². The number of amides is 4. The highest BCUT2D eigenvalue weighted by Crippen LogP contribution is 2.30. The Balaban J connectivity index is 1.56. The number of hydrogen-bond acceptors (Lipinski definition) is 5. The minimum absolute atomic E-state index is 0.202. The number of carbonyl (C=O) groups excluding carboxylic acids is 4. The van der Waals surface area contributed by atoms with Crippen LogP contribution in [0.3, 0.4) is 0 Å². The Hall–Kier alpha value is -3.68. The van der Waals surface area contributed by atoms with Crippen molar-refractivity contribution in [2.45, 2.75) is 12.8 Å². The highest BCUT2D eigenvalue weighted by Gasteiger charge is 2.37. The molecule has 0 aliphatic carbocycles. The van der Waals surface area contributed by atoms with Gasteiger partial charge in [0.2, 0.25) is 5.91 Å². The van der Waals surface area contributed by atoms with Crippen molar-refractivity contribution in [2.24, 2.45) is 11.7 Å². The number of benzene rings is 2. The molecule has 1 saturated heterocycles. The fourth-order valence-corrected chi connectivity index (χ4v) is 3.89. The Kier molecular flexibility index (Phi) is 4.99. The third kappa shape index (κ3) is 3.30. The van der Waals surface area contributed by atoms with Crippen LogP contribution in [0.4, 0.5) is 5.69 Å². The zero-order valence-electron chi connectivity index (χ0n) is 16.5. The number of rotatable bonds is 4. The van der Waals surface area contributed by atoms with E-state index in [4.69, 9.17) is 10.5 Å². The summed E-state index contributed by atoms with van der Waals surface area (Å²) in [5, 5.41) is 0. The van der Waals surface area contributed by atoms with E-state index in [9.17, 15) is 19.2 Å². The van der Waals surface area contributed by atoms with Crippen LogP contribution in [0.25, 0.3) is 0 Å². The molecule has 2 aromatic carbocycles. The van der Waals surface area contributed by atoms with E-state index in [0.29, 0.717) is 42.9 Å². The van der Waals surface area contributed by atoms with Gasteiger partial charge in [-0.15, -0.1) is 0 Å². The second-order valence-corrected chi connectivity index (χ2v) is 7.37. The number of primary amides is 1. The van der Waals surface area contributed by atoms with Gasteiger partial charge in [0.15, 0.2) is 0 Å². The number of ether oxygens (including phenoxy) is 1. The molecule has 8 nitrogen and oxygen atoms in total. The van der Waals surface area contributed by atoms with E-state index < -0.39 is 11.8 Å². The second-order valence-electron chi connectivity index (χ2n) is 7.37. The number of methoxy groups -OCH3 is 1. The van der Waals surface area contributed by atoms with Gasteiger partial charge in [0.05, 0.1) is 23.9 Å². The maximum Gasteiger partial charge on any atom is 0.266 e. The molecule has 2 N–H and O–H groups in total.